The summed E-state index contributed by atoms with van der Waals surface area (Å²) in [6.07, 6.45) is -1.09. The lowest BCUT2D eigenvalue weighted by atomic mass is 10.2. The lowest BCUT2D eigenvalue weighted by Gasteiger charge is -2.35. The van der Waals surface area contributed by atoms with E-state index in [4.69, 9.17) is 25.8 Å². The first-order valence-electron chi connectivity index (χ1n) is 10.2. The number of benzene rings is 3. The Morgan fingerprint density at radius 1 is 0.939 bits per heavy atom. The number of nitrogens with zero attached hydrogens (tertiary/aromatic N) is 1. The van der Waals surface area contributed by atoms with Crippen LogP contribution in [0.25, 0.3) is 0 Å². The number of hydrogen-bond acceptors (Lipinski definition) is 6. The van der Waals surface area contributed by atoms with E-state index in [0.717, 1.165) is 4.31 Å². The molecule has 0 radical (unpaired) electrons. The normalized spacial score (nSPS) is 17.0. The van der Waals surface area contributed by atoms with Gasteiger partial charge < -0.3 is 19.5 Å². The maximum Gasteiger partial charge on any atom is 0.267 e. The monoisotopic (exact) mass is 486 g/mol. The second kappa shape index (κ2) is 8.49. The Balaban J connectivity index is 1.45. The molecular formula is C23H19ClN2O6S. The van der Waals surface area contributed by atoms with Crippen LogP contribution in [0.15, 0.2) is 71.6 Å². The summed E-state index contributed by atoms with van der Waals surface area (Å²) in [5.41, 5.74) is 0.752. The average molecular weight is 487 g/mol. The minimum absolute atomic E-state index is 0.101. The van der Waals surface area contributed by atoms with E-state index in [-0.39, 0.29) is 22.9 Å². The Morgan fingerprint density at radius 2 is 1.67 bits per heavy atom. The second-order valence-electron chi connectivity index (χ2n) is 7.42. The Hall–Kier alpha value is -3.43. The second-order valence-corrected chi connectivity index (χ2v) is 9.71. The van der Waals surface area contributed by atoms with Crippen LogP contribution in [0.2, 0.25) is 5.02 Å². The maximum absolute atomic E-state index is 13.4. The van der Waals surface area contributed by atoms with Gasteiger partial charge in [0.25, 0.3) is 15.9 Å². The molecule has 2 heterocycles. The number of carbonyl (C=O) groups is 1. The molecule has 10 heteroatoms. The fraction of sp³-hybridized carbons (Fsp3) is 0.174. The van der Waals surface area contributed by atoms with E-state index in [1.165, 1.54) is 18.2 Å². The number of hydrogen-bond donors (Lipinski definition) is 1. The molecule has 3 aromatic rings. The van der Waals surface area contributed by atoms with Gasteiger partial charge in [-0.3, -0.25) is 9.10 Å². The predicted molar refractivity (Wildman–Crippen MR) is 123 cm³/mol. The van der Waals surface area contributed by atoms with Crippen molar-refractivity contribution in [2.75, 3.05) is 29.4 Å². The van der Waals surface area contributed by atoms with Crippen molar-refractivity contribution in [2.45, 2.75) is 11.0 Å². The largest absolute Gasteiger partial charge is 0.486 e. The molecule has 170 valence electrons. The first kappa shape index (κ1) is 21.4. The lowest BCUT2D eigenvalue weighted by molar-refractivity contribution is -0.122. The average Bonchev–Trinajstić information content (AvgIpc) is 2.83. The molecule has 1 unspecified atom stereocenters. The van der Waals surface area contributed by atoms with Crippen molar-refractivity contribution in [2.24, 2.45) is 0 Å². The van der Waals surface area contributed by atoms with Crippen LogP contribution in [-0.2, 0) is 14.8 Å². The smallest absolute Gasteiger partial charge is 0.267 e. The molecule has 3 aromatic carbocycles. The van der Waals surface area contributed by atoms with Gasteiger partial charge in [-0.05, 0) is 42.5 Å². The number of fused-ring (bicyclic) bond motifs is 2. The van der Waals surface area contributed by atoms with Gasteiger partial charge in [-0.2, -0.15) is 0 Å². The highest BCUT2D eigenvalue weighted by atomic mass is 35.5. The van der Waals surface area contributed by atoms with E-state index >= 15 is 0 Å². The molecular weight excluding hydrogens is 468 g/mol. The van der Waals surface area contributed by atoms with Crippen LogP contribution in [0, 0.1) is 0 Å². The van der Waals surface area contributed by atoms with Crippen molar-refractivity contribution in [3.8, 4) is 17.2 Å². The van der Waals surface area contributed by atoms with Crippen LogP contribution in [0.1, 0.15) is 0 Å². The molecule has 2 aliphatic heterocycles. The lowest BCUT2D eigenvalue weighted by Crippen LogP contribution is -2.48. The number of ether oxygens (including phenoxy) is 3. The molecule has 2 aliphatic rings. The number of amides is 1. The van der Waals surface area contributed by atoms with E-state index < -0.39 is 22.0 Å². The molecule has 1 amide bonds. The summed E-state index contributed by atoms with van der Waals surface area (Å²) in [5.74, 6) is 0.865. The SMILES string of the molecule is O=C(Nc1ccc2c(c1)OCCO2)C1CN(S(=O)(=O)c2ccccc2)c2cc(Cl)ccc2O1. The third-order valence-electron chi connectivity index (χ3n) is 5.22. The maximum atomic E-state index is 13.4. The molecule has 0 spiro atoms. The van der Waals surface area contributed by atoms with Crippen LogP contribution in [0.3, 0.4) is 0 Å². The van der Waals surface area contributed by atoms with E-state index in [1.54, 1.807) is 48.5 Å². The third kappa shape index (κ3) is 4.17. The van der Waals surface area contributed by atoms with Crippen LogP contribution in [0.4, 0.5) is 11.4 Å². The molecule has 8 nitrogen and oxygen atoms in total. The highest BCUT2D eigenvalue weighted by molar-refractivity contribution is 7.92. The molecule has 1 atom stereocenters. The minimum atomic E-state index is -3.97. The highest BCUT2D eigenvalue weighted by Gasteiger charge is 2.37. The van der Waals surface area contributed by atoms with E-state index in [1.807, 2.05) is 0 Å². The van der Waals surface area contributed by atoms with Crippen LogP contribution in [0.5, 0.6) is 17.2 Å². The standard InChI is InChI=1S/C23H19ClN2O6S/c24-15-6-8-19-18(12-15)26(33(28,29)17-4-2-1-3-5-17)14-22(32-19)23(27)25-16-7-9-20-21(13-16)31-11-10-30-20/h1-9,12-13,22H,10-11,14H2,(H,25,27). The number of halogens is 1. The molecule has 0 aromatic heterocycles. The van der Waals surface area contributed by atoms with Gasteiger partial charge in [0.15, 0.2) is 17.6 Å². The van der Waals surface area contributed by atoms with Gasteiger partial charge in [0, 0.05) is 16.8 Å². The zero-order valence-electron chi connectivity index (χ0n) is 17.2. The fourth-order valence-electron chi connectivity index (χ4n) is 3.65. The number of carbonyl (C=O) groups excluding carboxylic acids is 1. The number of sulfonamides is 1. The summed E-state index contributed by atoms with van der Waals surface area (Å²) in [6.45, 7) is 0.659. The van der Waals surface area contributed by atoms with Crippen molar-refractivity contribution >= 4 is 38.9 Å². The highest BCUT2D eigenvalue weighted by Crippen LogP contribution is 2.39. The molecule has 5 rings (SSSR count). The van der Waals surface area contributed by atoms with E-state index in [2.05, 4.69) is 5.32 Å². The molecule has 0 bridgehead atoms. The zero-order chi connectivity index (χ0) is 23.0. The number of nitrogens with one attached hydrogen (secondary N) is 1. The molecule has 33 heavy (non-hydrogen) atoms. The van der Waals surface area contributed by atoms with Crippen LogP contribution >= 0.6 is 11.6 Å². The molecule has 0 saturated carbocycles. The van der Waals surface area contributed by atoms with Gasteiger partial charge in [-0.1, -0.05) is 29.8 Å². The van der Waals surface area contributed by atoms with Gasteiger partial charge in [0.2, 0.25) is 0 Å². The Morgan fingerprint density at radius 3 is 2.45 bits per heavy atom. The van der Waals surface area contributed by atoms with E-state index in [0.29, 0.717) is 35.4 Å². The summed E-state index contributed by atoms with van der Waals surface area (Å²) in [5, 5.41) is 3.12. The van der Waals surface area contributed by atoms with Gasteiger partial charge in [0.05, 0.1) is 17.1 Å². The number of anilines is 2. The van der Waals surface area contributed by atoms with Gasteiger partial charge >= 0.3 is 0 Å². The van der Waals surface area contributed by atoms with Gasteiger partial charge in [-0.15, -0.1) is 0 Å². The molecule has 1 N–H and O–H groups in total. The Kier molecular flexibility index (Phi) is 5.51. The summed E-state index contributed by atoms with van der Waals surface area (Å²) < 4.78 is 44.9. The quantitative estimate of drug-likeness (QED) is 0.604. The summed E-state index contributed by atoms with van der Waals surface area (Å²) in [6, 6.07) is 17.7. The minimum Gasteiger partial charge on any atom is -0.486 e. The van der Waals surface area contributed by atoms with Crippen molar-refractivity contribution in [3.05, 3.63) is 71.8 Å². The Bertz CT molecular complexity index is 1320. The van der Waals surface area contributed by atoms with Crippen LogP contribution < -0.4 is 23.8 Å². The zero-order valence-corrected chi connectivity index (χ0v) is 18.8. The van der Waals surface area contributed by atoms with Gasteiger partial charge in [0.1, 0.15) is 19.0 Å². The topological polar surface area (TPSA) is 94.2 Å². The van der Waals surface area contributed by atoms with Gasteiger partial charge in [-0.25, -0.2) is 8.42 Å². The first-order valence-corrected chi connectivity index (χ1v) is 12.0. The third-order valence-corrected chi connectivity index (χ3v) is 7.25. The molecule has 0 fully saturated rings. The van der Waals surface area contributed by atoms with Crippen molar-refractivity contribution in [1.29, 1.82) is 0 Å². The first-order chi connectivity index (χ1) is 15.9. The summed E-state index contributed by atoms with van der Waals surface area (Å²) in [4.78, 5) is 13.2. The summed E-state index contributed by atoms with van der Waals surface area (Å²) >= 11 is 6.12. The summed E-state index contributed by atoms with van der Waals surface area (Å²) in [7, 11) is -3.97. The van der Waals surface area contributed by atoms with Crippen LogP contribution in [-0.4, -0.2) is 40.2 Å². The molecule has 0 aliphatic carbocycles. The van der Waals surface area contributed by atoms with E-state index in [9.17, 15) is 13.2 Å². The molecule has 0 saturated heterocycles. The van der Waals surface area contributed by atoms with Crippen molar-refractivity contribution in [1.82, 2.24) is 0 Å². The Labute approximate surface area is 195 Å². The number of rotatable bonds is 4. The fourth-order valence-corrected chi connectivity index (χ4v) is 5.31. The predicted octanol–water partition coefficient (Wildman–Crippen LogP) is 3.71. The van der Waals surface area contributed by atoms with Crippen molar-refractivity contribution in [3.63, 3.8) is 0 Å². The van der Waals surface area contributed by atoms with Crippen molar-refractivity contribution < 1.29 is 27.4 Å².